The second-order valence-electron chi connectivity index (χ2n) is 6.74. The second-order valence-corrected chi connectivity index (χ2v) is 7.62. The summed E-state index contributed by atoms with van der Waals surface area (Å²) in [5, 5.41) is 4.52. The number of hydrogen-bond donors (Lipinski definition) is 1. The first kappa shape index (κ1) is 17.8. The van der Waals surface area contributed by atoms with Crippen LogP contribution in [0.25, 0.3) is 0 Å². The topological polar surface area (TPSA) is 41.6 Å². The summed E-state index contributed by atoms with van der Waals surface area (Å²) in [6.07, 6.45) is 4.47. The molecule has 1 aromatic carbocycles. The van der Waals surface area contributed by atoms with Crippen LogP contribution in [0.3, 0.4) is 0 Å². The van der Waals surface area contributed by atoms with Gasteiger partial charge < -0.3 is 15.0 Å². The van der Waals surface area contributed by atoms with Gasteiger partial charge in [0.25, 0.3) is 0 Å². The van der Waals surface area contributed by atoms with Gasteiger partial charge in [0.15, 0.2) is 0 Å². The molecule has 6 heteroatoms. The number of amides is 1. The Morgan fingerprint density at radius 3 is 2.25 bits per heavy atom. The Kier molecular flexibility index (Phi) is 6.25. The van der Waals surface area contributed by atoms with Gasteiger partial charge in [0.2, 0.25) is 0 Å². The molecular formula is C18H24Cl2N2O2. The summed E-state index contributed by atoms with van der Waals surface area (Å²) >= 11 is 11.9. The van der Waals surface area contributed by atoms with E-state index in [4.69, 9.17) is 27.9 Å². The zero-order chi connectivity index (χ0) is 16.9. The third-order valence-electron chi connectivity index (χ3n) is 5.13. The summed E-state index contributed by atoms with van der Waals surface area (Å²) in [5.74, 6) is 1.57. The van der Waals surface area contributed by atoms with Crippen LogP contribution in [0.4, 0.5) is 4.79 Å². The van der Waals surface area contributed by atoms with Crippen molar-refractivity contribution in [1.82, 2.24) is 10.2 Å². The molecule has 1 aromatic rings. The molecule has 2 aliphatic rings. The van der Waals surface area contributed by atoms with Crippen LogP contribution >= 0.6 is 23.2 Å². The number of halogens is 2. The van der Waals surface area contributed by atoms with Gasteiger partial charge in [0, 0.05) is 23.1 Å². The second kappa shape index (κ2) is 8.41. The smallest absolute Gasteiger partial charge is 0.410 e. The number of ether oxygens (including phenoxy) is 1. The summed E-state index contributed by atoms with van der Waals surface area (Å²) in [6, 6.07) is 5.20. The molecule has 0 aliphatic carbocycles. The van der Waals surface area contributed by atoms with Crippen LogP contribution in [0, 0.1) is 11.8 Å². The fourth-order valence-corrected chi connectivity index (χ4v) is 4.37. The maximum atomic E-state index is 12.3. The van der Waals surface area contributed by atoms with Gasteiger partial charge in [-0.05, 0) is 74.4 Å². The average Bonchev–Trinajstić information content (AvgIpc) is 2.60. The van der Waals surface area contributed by atoms with E-state index in [9.17, 15) is 4.79 Å². The molecule has 0 unspecified atom stereocenters. The number of nitrogens with zero attached hydrogens (tertiary/aromatic N) is 1. The molecule has 1 amide bonds. The zero-order valence-corrected chi connectivity index (χ0v) is 15.3. The van der Waals surface area contributed by atoms with Crippen LogP contribution in [0.15, 0.2) is 18.2 Å². The lowest BCUT2D eigenvalue weighted by Crippen LogP contribution is -2.42. The number of nitrogens with one attached hydrogen (secondary N) is 1. The van der Waals surface area contributed by atoms with E-state index >= 15 is 0 Å². The molecule has 0 radical (unpaired) electrons. The molecule has 2 fully saturated rings. The minimum Gasteiger partial charge on any atom is -0.445 e. The molecule has 0 saturated carbocycles. The highest BCUT2D eigenvalue weighted by atomic mass is 35.5. The van der Waals surface area contributed by atoms with E-state index in [2.05, 4.69) is 5.32 Å². The normalized spacial score (nSPS) is 20.2. The Balaban J connectivity index is 1.44. The summed E-state index contributed by atoms with van der Waals surface area (Å²) in [6.45, 7) is 4.06. The summed E-state index contributed by atoms with van der Waals surface area (Å²) < 4.78 is 5.42. The monoisotopic (exact) mass is 370 g/mol. The molecule has 3 rings (SSSR count). The Labute approximate surface area is 153 Å². The molecule has 2 saturated heterocycles. The van der Waals surface area contributed by atoms with E-state index in [-0.39, 0.29) is 12.7 Å². The lowest BCUT2D eigenvalue weighted by Gasteiger charge is -2.37. The Morgan fingerprint density at radius 1 is 1.04 bits per heavy atom. The van der Waals surface area contributed by atoms with Gasteiger partial charge >= 0.3 is 6.09 Å². The van der Waals surface area contributed by atoms with Gasteiger partial charge in [-0.1, -0.05) is 23.2 Å². The van der Waals surface area contributed by atoms with Crippen LogP contribution in [0.5, 0.6) is 0 Å². The van der Waals surface area contributed by atoms with Crippen LogP contribution in [-0.4, -0.2) is 37.2 Å². The molecule has 0 atom stereocenters. The molecule has 2 heterocycles. The largest absolute Gasteiger partial charge is 0.445 e. The lowest BCUT2D eigenvalue weighted by atomic mass is 9.79. The summed E-state index contributed by atoms with van der Waals surface area (Å²) in [5.41, 5.74) is 0.811. The zero-order valence-electron chi connectivity index (χ0n) is 13.8. The minimum absolute atomic E-state index is 0.202. The van der Waals surface area contributed by atoms with Crippen molar-refractivity contribution in [2.45, 2.75) is 32.3 Å². The SMILES string of the molecule is O=C(OCc1cc(Cl)cc(Cl)c1)N1CCC(C2CCNCC2)CC1. The first-order valence-corrected chi connectivity index (χ1v) is 9.45. The van der Waals surface area contributed by atoms with Crippen molar-refractivity contribution in [3.63, 3.8) is 0 Å². The third-order valence-corrected chi connectivity index (χ3v) is 5.57. The first-order chi connectivity index (χ1) is 11.6. The maximum absolute atomic E-state index is 12.3. The van der Waals surface area contributed by atoms with Crippen molar-refractivity contribution < 1.29 is 9.53 Å². The Morgan fingerprint density at radius 2 is 1.62 bits per heavy atom. The summed E-state index contributed by atoms with van der Waals surface area (Å²) in [4.78, 5) is 14.1. The standard InChI is InChI=1S/C18H24Cl2N2O2/c19-16-9-13(10-17(20)11-16)12-24-18(23)22-7-3-15(4-8-22)14-1-5-21-6-2-14/h9-11,14-15,21H,1-8,12H2. The number of likely N-dealkylation sites (tertiary alicyclic amines) is 1. The summed E-state index contributed by atoms with van der Waals surface area (Å²) in [7, 11) is 0. The van der Waals surface area contributed by atoms with Crippen LogP contribution in [0.2, 0.25) is 10.0 Å². The molecule has 1 N–H and O–H groups in total. The van der Waals surface area contributed by atoms with E-state index in [1.165, 1.54) is 12.8 Å². The average molecular weight is 371 g/mol. The van der Waals surface area contributed by atoms with E-state index in [1.54, 1.807) is 18.2 Å². The van der Waals surface area contributed by atoms with Crippen LogP contribution < -0.4 is 5.32 Å². The minimum atomic E-state index is -0.241. The highest BCUT2D eigenvalue weighted by Crippen LogP contribution is 2.31. The number of hydrogen-bond acceptors (Lipinski definition) is 3. The van der Waals surface area contributed by atoms with Crippen molar-refractivity contribution in [3.8, 4) is 0 Å². The predicted octanol–water partition coefficient (Wildman–Crippen LogP) is 4.34. The van der Waals surface area contributed by atoms with E-state index < -0.39 is 0 Å². The van der Waals surface area contributed by atoms with Crippen molar-refractivity contribution in [2.24, 2.45) is 11.8 Å². The lowest BCUT2D eigenvalue weighted by molar-refractivity contribution is 0.0725. The molecular weight excluding hydrogens is 347 g/mol. The number of carbonyl (C=O) groups is 1. The van der Waals surface area contributed by atoms with E-state index in [0.29, 0.717) is 10.0 Å². The molecule has 4 nitrogen and oxygen atoms in total. The third kappa shape index (κ3) is 4.78. The van der Waals surface area contributed by atoms with Gasteiger partial charge in [-0.3, -0.25) is 0 Å². The molecule has 24 heavy (non-hydrogen) atoms. The molecule has 0 spiro atoms. The number of carbonyl (C=O) groups excluding carboxylic acids is 1. The van der Waals surface area contributed by atoms with Crippen LogP contribution in [0.1, 0.15) is 31.2 Å². The van der Waals surface area contributed by atoms with Gasteiger partial charge in [0.05, 0.1) is 0 Å². The Hall–Kier alpha value is -0.970. The van der Waals surface area contributed by atoms with Gasteiger partial charge in [-0.2, -0.15) is 0 Å². The fourth-order valence-electron chi connectivity index (χ4n) is 3.80. The fraction of sp³-hybridized carbons (Fsp3) is 0.611. The predicted molar refractivity (Wildman–Crippen MR) is 96.5 cm³/mol. The molecule has 2 aliphatic heterocycles. The first-order valence-electron chi connectivity index (χ1n) is 8.69. The van der Waals surface area contributed by atoms with Crippen molar-refractivity contribution in [2.75, 3.05) is 26.2 Å². The van der Waals surface area contributed by atoms with E-state index in [0.717, 1.165) is 56.4 Å². The quantitative estimate of drug-likeness (QED) is 0.859. The maximum Gasteiger partial charge on any atom is 0.410 e. The number of rotatable bonds is 3. The van der Waals surface area contributed by atoms with Gasteiger partial charge in [0.1, 0.15) is 6.61 Å². The van der Waals surface area contributed by atoms with Crippen molar-refractivity contribution in [3.05, 3.63) is 33.8 Å². The van der Waals surface area contributed by atoms with Crippen molar-refractivity contribution >= 4 is 29.3 Å². The number of benzene rings is 1. The van der Waals surface area contributed by atoms with E-state index in [1.807, 2.05) is 4.90 Å². The highest BCUT2D eigenvalue weighted by Gasteiger charge is 2.29. The number of piperidine rings is 2. The van der Waals surface area contributed by atoms with Crippen molar-refractivity contribution in [1.29, 1.82) is 0 Å². The molecule has 0 aromatic heterocycles. The van der Waals surface area contributed by atoms with Crippen LogP contribution in [-0.2, 0) is 11.3 Å². The highest BCUT2D eigenvalue weighted by molar-refractivity contribution is 6.34. The Bertz CT molecular complexity index is 548. The molecule has 132 valence electrons. The van der Waals surface area contributed by atoms with Gasteiger partial charge in [-0.15, -0.1) is 0 Å². The van der Waals surface area contributed by atoms with Gasteiger partial charge in [-0.25, -0.2) is 4.79 Å². The molecule has 0 bridgehead atoms.